The predicted molar refractivity (Wildman–Crippen MR) is 88.2 cm³/mol. The van der Waals surface area contributed by atoms with E-state index in [1.165, 1.54) is 0 Å². The first kappa shape index (κ1) is 18.2. The number of hydrogen-bond donors (Lipinski definition) is 0. The molecule has 7 nitrogen and oxygen atoms in total. The Balaban J connectivity index is 1.76. The standard InChI is InChI=1S/C16H30N4O3/c1-3-17-4-7-19(8-5-17)16(22)14-20(15(2)21)9-6-18-10-12-23-13-11-18/h3-14H2,1-2H3. The second-order valence-corrected chi connectivity index (χ2v) is 6.21. The maximum atomic E-state index is 12.4. The predicted octanol–water partition coefficient (Wildman–Crippen LogP) is -0.669. The molecule has 0 aromatic rings. The van der Waals surface area contributed by atoms with E-state index < -0.39 is 0 Å². The Hall–Kier alpha value is -1.18. The van der Waals surface area contributed by atoms with Gasteiger partial charge < -0.3 is 19.4 Å². The van der Waals surface area contributed by atoms with E-state index in [2.05, 4.69) is 16.7 Å². The minimum Gasteiger partial charge on any atom is -0.379 e. The molecule has 0 N–H and O–H groups in total. The second kappa shape index (κ2) is 9.20. The summed E-state index contributed by atoms with van der Waals surface area (Å²) >= 11 is 0. The molecule has 2 aliphatic heterocycles. The van der Waals surface area contributed by atoms with Gasteiger partial charge in [0.1, 0.15) is 0 Å². The van der Waals surface area contributed by atoms with E-state index in [0.29, 0.717) is 6.54 Å². The summed E-state index contributed by atoms with van der Waals surface area (Å²) < 4.78 is 5.33. The molecule has 0 aromatic carbocycles. The van der Waals surface area contributed by atoms with Crippen molar-refractivity contribution in [3.63, 3.8) is 0 Å². The van der Waals surface area contributed by atoms with Crippen molar-refractivity contribution in [2.75, 3.05) is 78.7 Å². The molecule has 2 amide bonds. The lowest BCUT2D eigenvalue weighted by Crippen LogP contribution is -2.52. The molecule has 0 bridgehead atoms. The summed E-state index contributed by atoms with van der Waals surface area (Å²) in [6, 6.07) is 0. The van der Waals surface area contributed by atoms with Crippen LogP contribution in [-0.4, -0.2) is 110 Å². The first-order valence-electron chi connectivity index (χ1n) is 8.66. The minimum atomic E-state index is -0.0289. The van der Waals surface area contributed by atoms with Gasteiger partial charge in [0.2, 0.25) is 11.8 Å². The van der Waals surface area contributed by atoms with Gasteiger partial charge in [0.05, 0.1) is 19.8 Å². The van der Waals surface area contributed by atoms with Gasteiger partial charge in [-0.05, 0) is 6.54 Å². The van der Waals surface area contributed by atoms with Gasteiger partial charge in [0.15, 0.2) is 0 Å². The van der Waals surface area contributed by atoms with E-state index in [1.54, 1.807) is 11.8 Å². The third kappa shape index (κ3) is 5.75. The molecular formula is C16H30N4O3. The maximum absolute atomic E-state index is 12.4. The monoisotopic (exact) mass is 326 g/mol. The summed E-state index contributed by atoms with van der Waals surface area (Å²) in [5.41, 5.74) is 0. The van der Waals surface area contributed by atoms with E-state index in [-0.39, 0.29) is 18.4 Å². The van der Waals surface area contributed by atoms with Crippen molar-refractivity contribution in [1.29, 1.82) is 0 Å². The first-order valence-corrected chi connectivity index (χ1v) is 8.66. The lowest BCUT2D eigenvalue weighted by Gasteiger charge is -2.35. The average Bonchev–Trinajstić information content (AvgIpc) is 2.59. The fraction of sp³-hybridized carbons (Fsp3) is 0.875. The number of nitrogens with zero attached hydrogens (tertiary/aromatic N) is 4. The Labute approximate surface area is 139 Å². The van der Waals surface area contributed by atoms with Gasteiger partial charge in [-0.2, -0.15) is 0 Å². The number of carbonyl (C=O) groups is 2. The van der Waals surface area contributed by atoms with Crippen molar-refractivity contribution < 1.29 is 14.3 Å². The van der Waals surface area contributed by atoms with Crippen molar-refractivity contribution >= 4 is 11.8 Å². The van der Waals surface area contributed by atoms with Crippen LogP contribution >= 0.6 is 0 Å². The Morgan fingerprint density at radius 2 is 1.65 bits per heavy atom. The van der Waals surface area contributed by atoms with Crippen LogP contribution in [-0.2, 0) is 14.3 Å². The van der Waals surface area contributed by atoms with Crippen molar-refractivity contribution in [2.45, 2.75) is 13.8 Å². The van der Waals surface area contributed by atoms with E-state index in [9.17, 15) is 9.59 Å². The number of piperazine rings is 1. The summed E-state index contributed by atoms with van der Waals surface area (Å²) in [6.45, 7) is 13.0. The molecule has 0 atom stereocenters. The topological polar surface area (TPSA) is 56.3 Å². The molecule has 0 aromatic heterocycles. The number of amides is 2. The van der Waals surface area contributed by atoms with Crippen LogP contribution in [0.1, 0.15) is 13.8 Å². The smallest absolute Gasteiger partial charge is 0.242 e. The average molecular weight is 326 g/mol. The molecule has 2 saturated heterocycles. The SMILES string of the molecule is CCN1CCN(C(=O)CN(CCN2CCOCC2)C(C)=O)CC1. The molecule has 23 heavy (non-hydrogen) atoms. The lowest BCUT2D eigenvalue weighted by molar-refractivity contribution is -0.140. The molecule has 0 unspecified atom stereocenters. The molecule has 0 aliphatic carbocycles. The maximum Gasteiger partial charge on any atom is 0.242 e. The highest BCUT2D eigenvalue weighted by atomic mass is 16.5. The Bertz CT molecular complexity index is 391. The van der Waals surface area contributed by atoms with E-state index in [4.69, 9.17) is 4.74 Å². The number of ether oxygens (including phenoxy) is 1. The number of rotatable bonds is 6. The van der Waals surface area contributed by atoms with Crippen molar-refractivity contribution in [3.8, 4) is 0 Å². The van der Waals surface area contributed by atoms with Crippen LogP contribution in [0.3, 0.4) is 0 Å². The zero-order valence-electron chi connectivity index (χ0n) is 14.5. The molecule has 2 fully saturated rings. The van der Waals surface area contributed by atoms with Crippen molar-refractivity contribution in [2.24, 2.45) is 0 Å². The summed E-state index contributed by atoms with van der Waals surface area (Å²) in [6.07, 6.45) is 0. The van der Waals surface area contributed by atoms with Crippen LogP contribution in [0.15, 0.2) is 0 Å². The lowest BCUT2D eigenvalue weighted by atomic mass is 10.3. The highest BCUT2D eigenvalue weighted by Crippen LogP contribution is 2.04. The molecule has 0 spiro atoms. The van der Waals surface area contributed by atoms with Crippen LogP contribution in [0.4, 0.5) is 0 Å². The van der Waals surface area contributed by atoms with Gasteiger partial charge in [-0.3, -0.25) is 14.5 Å². The molecule has 2 aliphatic rings. The summed E-state index contributed by atoms with van der Waals surface area (Å²) in [7, 11) is 0. The largest absolute Gasteiger partial charge is 0.379 e. The third-order valence-electron chi connectivity index (χ3n) is 4.73. The molecule has 132 valence electrons. The van der Waals surface area contributed by atoms with E-state index in [0.717, 1.165) is 65.6 Å². The zero-order valence-corrected chi connectivity index (χ0v) is 14.5. The number of likely N-dealkylation sites (N-methyl/N-ethyl adjacent to an activating group) is 1. The highest BCUT2D eigenvalue weighted by Gasteiger charge is 2.23. The molecular weight excluding hydrogens is 296 g/mol. The fourth-order valence-corrected chi connectivity index (χ4v) is 3.01. The normalized spacial score (nSPS) is 20.5. The van der Waals surface area contributed by atoms with Crippen molar-refractivity contribution in [3.05, 3.63) is 0 Å². The quantitative estimate of drug-likeness (QED) is 0.648. The third-order valence-corrected chi connectivity index (χ3v) is 4.73. The van der Waals surface area contributed by atoms with Gasteiger partial charge in [-0.15, -0.1) is 0 Å². The number of hydrogen-bond acceptors (Lipinski definition) is 5. The minimum absolute atomic E-state index is 0.0289. The molecule has 0 radical (unpaired) electrons. The Kier molecular flexibility index (Phi) is 7.26. The van der Waals surface area contributed by atoms with Gasteiger partial charge in [-0.25, -0.2) is 0 Å². The Morgan fingerprint density at radius 3 is 2.22 bits per heavy atom. The van der Waals surface area contributed by atoms with Crippen LogP contribution in [0, 0.1) is 0 Å². The van der Waals surface area contributed by atoms with Gasteiger partial charge in [0.25, 0.3) is 0 Å². The Morgan fingerprint density at radius 1 is 1.00 bits per heavy atom. The zero-order chi connectivity index (χ0) is 16.7. The van der Waals surface area contributed by atoms with E-state index >= 15 is 0 Å². The van der Waals surface area contributed by atoms with Crippen LogP contribution < -0.4 is 0 Å². The van der Waals surface area contributed by atoms with Gasteiger partial charge in [0, 0.05) is 59.3 Å². The van der Waals surface area contributed by atoms with E-state index in [1.807, 2.05) is 4.90 Å². The summed E-state index contributed by atoms with van der Waals surface area (Å²) in [5, 5.41) is 0. The van der Waals surface area contributed by atoms with Crippen LogP contribution in [0.5, 0.6) is 0 Å². The van der Waals surface area contributed by atoms with Crippen LogP contribution in [0.2, 0.25) is 0 Å². The molecule has 7 heteroatoms. The summed E-state index contributed by atoms with van der Waals surface area (Å²) in [4.78, 5) is 32.5. The second-order valence-electron chi connectivity index (χ2n) is 6.21. The van der Waals surface area contributed by atoms with Crippen LogP contribution in [0.25, 0.3) is 0 Å². The number of carbonyl (C=O) groups excluding carboxylic acids is 2. The molecule has 2 heterocycles. The van der Waals surface area contributed by atoms with Gasteiger partial charge >= 0.3 is 0 Å². The highest BCUT2D eigenvalue weighted by molar-refractivity contribution is 5.83. The first-order chi connectivity index (χ1) is 11.1. The molecule has 0 saturated carbocycles. The fourth-order valence-electron chi connectivity index (χ4n) is 3.01. The molecule has 2 rings (SSSR count). The summed E-state index contributed by atoms with van der Waals surface area (Å²) in [5.74, 6) is 0.0386. The van der Waals surface area contributed by atoms with Gasteiger partial charge in [-0.1, -0.05) is 6.92 Å². The van der Waals surface area contributed by atoms with Crippen molar-refractivity contribution in [1.82, 2.24) is 19.6 Å². The number of morpholine rings is 1.